The number of carbonyl (C=O) groups is 2. The molecule has 0 bridgehead atoms. The zero-order valence-corrected chi connectivity index (χ0v) is 13.2. The summed E-state index contributed by atoms with van der Waals surface area (Å²) < 4.78 is 31.3. The first-order chi connectivity index (χ1) is 11.6. The number of alkyl halides is 2. The highest BCUT2D eigenvalue weighted by atomic mass is 19.3. The molecule has 1 aromatic heterocycles. The molecular formula is C15H20F2N4O3. The van der Waals surface area contributed by atoms with Gasteiger partial charge in [-0.15, -0.1) is 0 Å². The molecule has 1 aromatic rings. The van der Waals surface area contributed by atoms with E-state index in [-0.39, 0.29) is 17.6 Å². The highest BCUT2D eigenvalue weighted by Crippen LogP contribution is 2.21. The summed E-state index contributed by atoms with van der Waals surface area (Å²) >= 11 is 0. The fourth-order valence-corrected chi connectivity index (χ4v) is 3.23. The molecular weight excluding hydrogens is 322 g/mol. The number of nitrogens with one attached hydrogen (secondary N) is 1. The van der Waals surface area contributed by atoms with Gasteiger partial charge in [0.2, 0.25) is 5.91 Å². The molecule has 1 N–H and O–H groups in total. The molecule has 0 aromatic carbocycles. The van der Waals surface area contributed by atoms with Crippen LogP contribution in [-0.2, 0) is 16.1 Å². The van der Waals surface area contributed by atoms with Crippen molar-refractivity contribution in [3.05, 3.63) is 18.0 Å². The number of rotatable bonds is 5. The van der Waals surface area contributed by atoms with Gasteiger partial charge in [0.25, 0.3) is 12.3 Å². The lowest BCUT2D eigenvalue weighted by Crippen LogP contribution is -2.46. The van der Waals surface area contributed by atoms with Gasteiger partial charge in [-0.1, -0.05) is 0 Å². The SMILES string of the molecule is O=C(NC1CCN(C2CCOCC2)C1=O)c1ccnn1CC(F)F. The quantitative estimate of drug-likeness (QED) is 0.853. The number of carbonyl (C=O) groups excluding carboxylic acids is 2. The number of likely N-dealkylation sites (tertiary alicyclic amines) is 1. The van der Waals surface area contributed by atoms with E-state index in [1.165, 1.54) is 12.3 Å². The largest absolute Gasteiger partial charge is 0.381 e. The van der Waals surface area contributed by atoms with Crippen LogP contribution >= 0.6 is 0 Å². The molecule has 2 aliphatic rings. The van der Waals surface area contributed by atoms with Crippen LogP contribution in [0, 0.1) is 0 Å². The zero-order chi connectivity index (χ0) is 17.1. The average molecular weight is 342 g/mol. The Bertz CT molecular complexity index is 601. The van der Waals surface area contributed by atoms with E-state index in [1.807, 2.05) is 0 Å². The number of aromatic nitrogens is 2. The van der Waals surface area contributed by atoms with Gasteiger partial charge in [0.05, 0.1) is 0 Å². The van der Waals surface area contributed by atoms with Crippen LogP contribution in [0.2, 0.25) is 0 Å². The third kappa shape index (κ3) is 3.55. The summed E-state index contributed by atoms with van der Waals surface area (Å²) in [5.74, 6) is -0.671. The molecule has 0 aliphatic carbocycles. The predicted octanol–water partition coefficient (Wildman–Crippen LogP) is 0.658. The van der Waals surface area contributed by atoms with Crippen LogP contribution < -0.4 is 5.32 Å². The number of amides is 2. The minimum absolute atomic E-state index is 0.0348. The van der Waals surface area contributed by atoms with Crippen molar-refractivity contribution >= 4 is 11.8 Å². The summed E-state index contributed by atoms with van der Waals surface area (Å²) in [7, 11) is 0. The Morgan fingerprint density at radius 2 is 2.12 bits per heavy atom. The minimum Gasteiger partial charge on any atom is -0.381 e. The Morgan fingerprint density at radius 1 is 1.38 bits per heavy atom. The van der Waals surface area contributed by atoms with Crippen molar-refractivity contribution < 1.29 is 23.1 Å². The van der Waals surface area contributed by atoms with E-state index < -0.39 is 24.9 Å². The van der Waals surface area contributed by atoms with E-state index in [4.69, 9.17) is 4.74 Å². The summed E-state index contributed by atoms with van der Waals surface area (Å²) in [6.45, 7) is 1.21. The maximum absolute atomic E-state index is 12.5. The third-order valence-electron chi connectivity index (χ3n) is 4.44. The minimum atomic E-state index is -2.60. The van der Waals surface area contributed by atoms with Crippen molar-refractivity contribution in [3.8, 4) is 0 Å². The van der Waals surface area contributed by atoms with E-state index in [0.717, 1.165) is 17.5 Å². The fourth-order valence-electron chi connectivity index (χ4n) is 3.23. The first kappa shape index (κ1) is 16.8. The van der Waals surface area contributed by atoms with Gasteiger partial charge in [-0.2, -0.15) is 5.10 Å². The third-order valence-corrected chi connectivity index (χ3v) is 4.44. The summed E-state index contributed by atoms with van der Waals surface area (Å²) in [4.78, 5) is 26.6. The predicted molar refractivity (Wildman–Crippen MR) is 79.7 cm³/mol. The molecule has 2 amide bonds. The van der Waals surface area contributed by atoms with Gasteiger partial charge < -0.3 is 15.0 Å². The van der Waals surface area contributed by atoms with Crippen molar-refractivity contribution in [1.29, 1.82) is 0 Å². The molecule has 7 nitrogen and oxygen atoms in total. The molecule has 132 valence electrons. The number of nitrogens with zero attached hydrogens (tertiary/aromatic N) is 3. The normalized spacial score (nSPS) is 22.4. The average Bonchev–Trinajstić information content (AvgIpc) is 3.15. The first-order valence-electron chi connectivity index (χ1n) is 8.05. The Kier molecular flexibility index (Phi) is 5.08. The molecule has 2 saturated heterocycles. The zero-order valence-electron chi connectivity index (χ0n) is 13.2. The fraction of sp³-hybridized carbons (Fsp3) is 0.667. The standard InChI is InChI=1S/C15H20F2N4O3/c16-13(17)9-21-12(1-5-18-21)14(22)19-11-2-6-20(15(11)23)10-3-7-24-8-4-10/h1,5,10-11,13H,2-4,6-9H2,(H,19,22). The Hall–Kier alpha value is -2.03. The smallest absolute Gasteiger partial charge is 0.270 e. The van der Waals surface area contributed by atoms with E-state index in [0.29, 0.717) is 26.2 Å². The van der Waals surface area contributed by atoms with Crippen molar-refractivity contribution in [2.24, 2.45) is 0 Å². The highest BCUT2D eigenvalue weighted by Gasteiger charge is 2.37. The number of ether oxygens (including phenoxy) is 1. The van der Waals surface area contributed by atoms with Crippen LogP contribution in [0.3, 0.4) is 0 Å². The topological polar surface area (TPSA) is 76.5 Å². The maximum atomic E-state index is 12.5. The number of hydrogen-bond acceptors (Lipinski definition) is 4. The van der Waals surface area contributed by atoms with Gasteiger partial charge in [-0.05, 0) is 25.3 Å². The van der Waals surface area contributed by atoms with Gasteiger partial charge in [0.15, 0.2) is 0 Å². The highest BCUT2D eigenvalue weighted by molar-refractivity contribution is 5.96. The molecule has 2 fully saturated rings. The second-order valence-corrected chi connectivity index (χ2v) is 5.98. The van der Waals surface area contributed by atoms with Crippen LogP contribution in [0.15, 0.2) is 12.3 Å². The van der Waals surface area contributed by atoms with Crippen LogP contribution in [0.4, 0.5) is 8.78 Å². The molecule has 0 saturated carbocycles. The van der Waals surface area contributed by atoms with Gasteiger partial charge in [-0.3, -0.25) is 14.3 Å². The molecule has 0 spiro atoms. The molecule has 1 atom stereocenters. The lowest BCUT2D eigenvalue weighted by molar-refractivity contribution is -0.132. The van der Waals surface area contributed by atoms with Gasteiger partial charge in [-0.25, -0.2) is 8.78 Å². The van der Waals surface area contributed by atoms with Crippen LogP contribution in [0.1, 0.15) is 29.8 Å². The van der Waals surface area contributed by atoms with E-state index in [2.05, 4.69) is 10.4 Å². The van der Waals surface area contributed by atoms with Crippen LogP contribution in [0.5, 0.6) is 0 Å². The summed E-state index contributed by atoms with van der Waals surface area (Å²) in [5, 5.41) is 6.37. The Labute approximate surface area is 137 Å². The van der Waals surface area contributed by atoms with Gasteiger partial charge in [0, 0.05) is 32.0 Å². The number of halogens is 2. The van der Waals surface area contributed by atoms with Crippen molar-refractivity contribution in [1.82, 2.24) is 20.0 Å². The lowest BCUT2D eigenvalue weighted by atomic mass is 10.1. The summed E-state index contributed by atoms with van der Waals surface area (Å²) in [6.07, 6.45) is 0.808. The van der Waals surface area contributed by atoms with Gasteiger partial charge in [0.1, 0.15) is 18.3 Å². The summed E-state index contributed by atoms with van der Waals surface area (Å²) in [5.41, 5.74) is 0.0348. The first-order valence-corrected chi connectivity index (χ1v) is 8.05. The molecule has 0 radical (unpaired) electrons. The second kappa shape index (κ2) is 7.25. The Balaban J connectivity index is 1.61. The number of hydrogen-bond donors (Lipinski definition) is 1. The monoisotopic (exact) mass is 342 g/mol. The molecule has 9 heteroatoms. The van der Waals surface area contributed by atoms with E-state index in [9.17, 15) is 18.4 Å². The molecule has 24 heavy (non-hydrogen) atoms. The molecule has 3 heterocycles. The molecule has 3 rings (SSSR count). The van der Waals surface area contributed by atoms with Crippen molar-refractivity contribution in [3.63, 3.8) is 0 Å². The van der Waals surface area contributed by atoms with E-state index in [1.54, 1.807) is 4.90 Å². The van der Waals surface area contributed by atoms with Crippen LogP contribution in [-0.4, -0.2) is 64.8 Å². The molecule has 1 unspecified atom stereocenters. The Morgan fingerprint density at radius 3 is 2.83 bits per heavy atom. The van der Waals surface area contributed by atoms with E-state index >= 15 is 0 Å². The summed E-state index contributed by atoms with van der Waals surface area (Å²) in [6, 6.07) is 0.903. The lowest BCUT2D eigenvalue weighted by Gasteiger charge is -2.31. The molecule has 2 aliphatic heterocycles. The maximum Gasteiger partial charge on any atom is 0.270 e. The van der Waals surface area contributed by atoms with Crippen molar-refractivity contribution in [2.45, 2.75) is 44.3 Å². The van der Waals surface area contributed by atoms with Crippen molar-refractivity contribution in [2.75, 3.05) is 19.8 Å². The second-order valence-electron chi connectivity index (χ2n) is 5.98. The van der Waals surface area contributed by atoms with Crippen LogP contribution in [0.25, 0.3) is 0 Å². The van der Waals surface area contributed by atoms with Gasteiger partial charge >= 0.3 is 0 Å².